The van der Waals surface area contributed by atoms with Gasteiger partial charge in [-0.2, -0.15) is 0 Å². The summed E-state index contributed by atoms with van der Waals surface area (Å²) in [6.45, 7) is 6.60. The van der Waals surface area contributed by atoms with Gasteiger partial charge in [0.15, 0.2) is 0 Å². The van der Waals surface area contributed by atoms with Crippen LogP contribution in [0.25, 0.3) is 0 Å². The molecule has 0 bridgehead atoms. The molecular weight excluding hydrogens is 152 g/mol. The van der Waals surface area contributed by atoms with E-state index in [1.165, 1.54) is 0 Å². The Labute approximate surface area is 74.9 Å². The van der Waals surface area contributed by atoms with Gasteiger partial charge in [-0.15, -0.1) is 0 Å². The topological polar surface area (TPSA) is 29.5 Å². The van der Waals surface area contributed by atoms with Gasteiger partial charge in [0.05, 0.1) is 11.7 Å². The van der Waals surface area contributed by atoms with Crippen molar-refractivity contribution in [2.45, 2.75) is 51.7 Å². The molecule has 72 valence electrons. The van der Waals surface area contributed by atoms with Crippen molar-refractivity contribution in [2.75, 3.05) is 6.61 Å². The van der Waals surface area contributed by atoms with Gasteiger partial charge in [0.25, 0.3) is 0 Å². The zero-order valence-corrected chi connectivity index (χ0v) is 8.34. The van der Waals surface area contributed by atoms with Gasteiger partial charge in [-0.25, -0.2) is 0 Å². The van der Waals surface area contributed by atoms with Gasteiger partial charge in [0, 0.05) is 6.61 Å². The summed E-state index contributed by atoms with van der Waals surface area (Å²) in [4.78, 5) is 0. The number of rotatable bonds is 3. The first-order valence-electron chi connectivity index (χ1n) is 4.80. The van der Waals surface area contributed by atoms with Crippen LogP contribution >= 0.6 is 0 Å². The lowest BCUT2D eigenvalue weighted by molar-refractivity contribution is -0.114. The van der Waals surface area contributed by atoms with Crippen LogP contribution in [0.3, 0.4) is 0 Å². The Morgan fingerprint density at radius 2 is 1.92 bits per heavy atom. The first-order chi connectivity index (χ1) is 5.51. The van der Waals surface area contributed by atoms with E-state index in [1.807, 2.05) is 0 Å². The van der Waals surface area contributed by atoms with Gasteiger partial charge in [0.2, 0.25) is 0 Å². The predicted octanol–water partition coefficient (Wildman–Crippen LogP) is 1.96. The molecule has 1 N–H and O–H groups in total. The summed E-state index contributed by atoms with van der Waals surface area (Å²) in [6, 6.07) is 0. The standard InChI is InChI=1S/C10H20O2/c1-10(2,3)12-9-6-8(7-9)4-5-11/h8-9,11H,4-7H2,1-3H3. The van der Waals surface area contributed by atoms with Gasteiger partial charge in [-0.1, -0.05) is 0 Å². The second-order valence-corrected chi connectivity index (χ2v) is 4.70. The lowest BCUT2D eigenvalue weighted by Crippen LogP contribution is -2.37. The summed E-state index contributed by atoms with van der Waals surface area (Å²) in [7, 11) is 0. The Balaban J connectivity index is 2.10. The van der Waals surface area contributed by atoms with Gasteiger partial charge in [-0.3, -0.25) is 0 Å². The van der Waals surface area contributed by atoms with E-state index in [9.17, 15) is 0 Å². The molecular formula is C10H20O2. The molecule has 0 heterocycles. The molecule has 12 heavy (non-hydrogen) atoms. The molecule has 0 unspecified atom stereocenters. The van der Waals surface area contributed by atoms with Crippen molar-refractivity contribution in [2.24, 2.45) is 5.92 Å². The monoisotopic (exact) mass is 172 g/mol. The van der Waals surface area contributed by atoms with Crippen LogP contribution in [0.5, 0.6) is 0 Å². The molecule has 2 heteroatoms. The van der Waals surface area contributed by atoms with Gasteiger partial charge < -0.3 is 9.84 Å². The van der Waals surface area contributed by atoms with E-state index in [1.54, 1.807) is 0 Å². The van der Waals surface area contributed by atoms with Crippen molar-refractivity contribution in [1.29, 1.82) is 0 Å². The van der Waals surface area contributed by atoms with Gasteiger partial charge in [-0.05, 0) is 46.0 Å². The van der Waals surface area contributed by atoms with Crippen LogP contribution in [-0.4, -0.2) is 23.4 Å². The van der Waals surface area contributed by atoms with E-state index in [0.717, 1.165) is 19.3 Å². The molecule has 1 fully saturated rings. The first kappa shape index (κ1) is 10.0. The predicted molar refractivity (Wildman–Crippen MR) is 49.1 cm³/mol. The van der Waals surface area contributed by atoms with Crippen molar-refractivity contribution in [3.63, 3.8) is 0 Å². The number of aliphatic hydroxyl groups excluding tert-OH is 1. The first-order valence-corrected chi connectivity index (χ1v) is 4.80. The fourth-order valence-electron chi connectivity index (χ4n) is 1.69. The fraction of sp³-hybridized carbons (Fsp3) is 1.00. The van der Waals surface area contributed by atoms with Crippen LogP contribution < -0.4 is 0 Å². The van der Waals surface area contributed by atoms with E-state index in [4.69, 9.17) is 9.84 Å². The molecule has 2 nitrogen and oxygen atoms in total. The molecule has 1 saturated carbocycles. The number of ether oxygens (including phenoxy) is 1. The van der Waals surface area contributed by atoms with E-state index in [-0.39, 0.29) is 5.60 Å². The molecule has 0 aromatic carbocycles. The molecule has 0 amide bonds. The van der Waals surface area contributed by atoms with Crippen molar-refractivity contribution < 1.29 is 9.84 Å². The molecule has 0 saturated heterocycles. The maximum atomic E-state index is 8.68. The second-order valence-electron chi connectivity index (χ2n) is 4.70. The molecule has 1 aliphatic carbocycles. The van der Waals surface area contributed by atoms with Crippen molar-refractivity contribution in [3.05, 3.63) is 0 Å². The number of aliphatic hydroxyl groups is 1. The summed E-state index contributed by atoms with van der Waals surface area (Å²) >= 11 is 0. The molecule has 1 rings (SSSR count). The normalized spacial score (nSPS) is 30.0. The highest BCUT2D eigenvalue weighted by molar-refractivity contribution is 4.81. The van der Waals surface area contributed by atoms with Crippen molar-refractivity contribution >= 4 is 0 Å². The summed E-state index contributed by atoms with van der Waals surface area (Å²) in [5.41, 5.74) is -0.00511. The third kappa shape index (κ3) is 3.11. The summed E-state index contributed by atoms with van der Waals surface area (Å²) in [6.07, 6.45) is 3.67. The maximum absolute atomic E-state index is 8.68. The highest BCUT2D eigenvalue weighted by Crippen LogP contribution is 2.34. The molecule has 0 radical (unpaired) electrons. The largest absolute Gasteiger partial charge is 0.396 e. The van der Waals surface area contributed by atoms with Crippen molar-refractivity contribution in [3.8, 4) is 0 Å². The maximum Gasteiger partial charge on any atom is 0.0602 e. The fourth-order valence-corrected chi connectivity index (χ4v) is 1.69. The smallest absolute Gasteiger partial charge is 0.0602 e. The molecule has 0 aromatic rings. The van der Waals surface area contributed by atoms with Crippen LogP contribution in [0.1, 0.15) is 40.0 Å². The Kier molecular flexibility index (Phi) is 3.13. The van der Waals surface area contributed by atoms with E-state index < -0.39 is 0 Å². The number of hydrogen-bond acceptors (Lipinski definition) is 2. The van der Waals surface area contributed by atoms with Gasteiger partial charge >= 0.3 is 0 Å². The van der Waals surface area contributed by atoms with Crippen LogP contribution in [-0.2, 0) is 4.74 Å². The van der Waals surface area contributed by atoms with Crippen LogP contribution in [0.15, 0.2) is 0 Å². The SMILES string of the molecule is CC(C)(C)OC1CC(CCO)C1. The average Bonchev–Trinajstić information content (AvgIpc) is 1.80. The minimum Gasteiger partial charge on any atom is -0.396 e. The lowest BCUT2D eigenvalue weighted by atomic mass is 9.80. The quantitative estimate of drug-likeness (QED) is 0.705. The van der Waals surface area contributed by atoms with Gasteiger partial charge in [0.1, 0.15) is 0 Å². The highest BCUT2D eigenvalue weighted by atomic mass is 16.5. The third-order valence-corrected chi connectivity index (χ3v) is 2.25. The minimum atomic E-state index is -0.00511. The summed E-state index contributed by atoms with van der Waals surface area (Å²) < 4.78 is 5.77. The van der Waals surface area contributed by atoms with E-state index >= 15 is 0 Å². The second kappa shape index (κ2) is 3.75. The highest BCUT2D eigenvalue weighted by Gasteiger charge is 2.32. The van der Waals surface area contributed by atoms with Crippen LogP contribution in [0.4, 0.5) is 0 Å². The van der Waals surface area contributed by atoms with Crippen LogP contribution in [0.2, 0.25) is 0 Å². The lowest BCUT2D eigenvalue weighted by Gasteiger charge is -2.39. The third-order valence-electron chi connectivity index (χ3n) is 2.25. The Morgan fingerprint density at radius 3 is 2.33 bits per heavy atom. The van der Waals surface area contributed by atoms with E-state index in [2.05, 4.69) is 20.8 Å². The summed E-state index contributed by atoms with van der Waals surface area (Å²) in [5, 5.41) is 8.68. The van der Waals surface area contributed by atoms with Crippen LogP contribution in [0, 0.1) is 5.92 Å². The molecule has 0 aromatic heterocycles. The average molecular weight is 172 g/mol. The molecule has 0 atom stereocenters. The van der Waals surface area contributed by atoms with Crippen molar-refractivity contribution in [1.82, 2.24) is 0 Å². The Hall–Kier alpha value is -0.0800. The number of hydrogen-bond donors (Lipinski definition) is 1. The minimum absolute atomic E-state index is 0.00511. The Bertz CT molecular complexity index is 131. The zero-order chi connectivity index (χ0) is 9.19. The Morgan fingerprint density at radius 1 is 1.33 bits per heavy atom. The summed E-state index contributed by atoms with van der Waals surface area (Å²) in [5.74, 6) is 0.711. The van der Waals surface area contributed by atoms with E-state index in [0.29, 0.717) is 18.6 Å². The molecule has 0 spiro atoms. The molecule has 1 aliphatic rings. The zero-order valence-electron chi connectivity index (χ0n) is 8.34. The molecule has 0 aliphatic heterocycles.